The third-order valence-corrected chi connectivity index (χ3v) is 4.12. The molecule has 0 aromatic rings. The van der Waals surface area contributed by atoms with Crippen LogP contribution in [0.25, 0.3) is 0 Å². The van der Waals surface area contributed by atoms with Crippen LogP contribution in [0.5, 0.6) is 0 Å². The van der Waals surface area contributed by atoms with Gasteiger partial charge in [0, 0.05) is 6.04 Å². The van der Waals surface area contributed by atoms with Gasteiger partial charge in [-0.25, -0.2) is 4.39 Å². The summed E-state index contributed by atoms with van der Waals surface area (Å²) in [6.07, 6.45) is 9.50. The molecule has 0 aromatic carbocycles. The van der Waals surface area contributed by atoms with Crippen LogP contribution in [0.2, 0.25) is 0 Å². The lowest BCUT2D eigenvalue weighted by molar-refractivity contribution is 0.0761. The van der Waals surface area contributed by atoms with E-state index in [1.54, 1.807) is 0 Å². The molecule has 0 radical (unpaired) electrons. The minimum Gasteiger partial charge on any atom is -0.328 e. The molecule has 82 valence electrons. The van der Waals surface area contributed by atoms with Crippen molar-refractivity contribution in [2.75, 3.05) is 0 Å². The van der Waals surface area contributed by atoms with Gasteiger partial charge in [0.1, 0.15) is 5.67 Å². The molecule has 0 amide bonds. The van der Waals surface area contributed by atoms with E-state index in [0.717, 1.165) is 25.7 Å². The Hall–Kier alpha value is -0.110. The lowest BCUT2D eigenvalue weighted by Crippen LogP contribution is -2.32. The van der Waals surface area contributed by atoms with Crippen LogP contribution in [0.1, 0.15) is 57.8 Å². The van der Waals surface area contributed by atoms with Crippen molar-refractivity contribution in [1.29, 1.82) is 0 Å². The number of alkyl halides is 1. The Morgan fingerprint density at radius 3 is 2.14 bits per heavy atom. The fourth-order valence-corrected chi connectivity index (χ4v) is 3.23. The lowest BCUT2D eigenvalue weighted by atomic mass is 9.82. The normalized spacial score (nSPS) is 41.1. The maximum absolute atomic E-state index is 14.5. The van der Waals surface area contributed by atoms with E-state index in [2.05, 4.69) is 0 Å². The predicted molar refractivity (Wildman–Crippen MR) is 56.9 cm³/mol. The standard InChI is InChI=1S/C12H22FN/c13-12(8-7-11(14)9-12)10-5-3-1-2-4-6-10/h10-11H,1-9,14H2. The van der Waals surface area contributed by atoms with Gasteiger partial charge in [-0.2, -0.15) is 0 Å². The highest BCUT2D eigenvalue weighted by Crippen LogP contribution is 2.44. The van der Waals surface area contributed by atoms with Crippen molar-refractivity contribution in [1.82, 2.24) is 0 Å². The van der Waals surface area contributed by atoms with E-state index in [9.17, 15) is 4.39 Å². The van der Waals surface area contributed by atoms with Gasteiger partial charge in [-0.05, 0) is 38.0 Å². The first-order valence-corrected chi connectivity index (χ1v) is 6.15. The molecule has 2 aliphatic rings. The maximum atomic E-state index is 14.5. The molecular formula is C12H22FN. The molecule has 0 heterocycles. The van der Waals surface area contributed by atoms with Crippen molar-refractivity contribution < 1.29 is 4.39 Å². The molecule has 1 nitrogen and oxygen atoms in total. The molecule has 0 bridgehead atoms. The largest absolute Gasteiger partial charge is 0.328 e. The number of hydrogen-bond acceptors (Lipinski definition) is 1. The van der Waals surface area contributed by atoms with E-state index in [-0.39, 0.29) is 6.04 Å². The van der Waals surface area contributed by atoms with Gasteiger partial charge in [-0.1, -0.05) is 25.7 Å². The Morgan fingerprint density at radius 2 is 1.64 bits per heavy atom. The van der Waals surface area contributed by atoms with E-state index in [4.69, 9.17) is 5.73 Å². The Labute approximate surface area is 86.2 Å². The number of nitrogens with two attached hydrogens (primary N) is 1. The first kappa shape index (κ1) is 10.4. The van der Waals surface area contributed by atoms with Gasteiger partial charge in [-0.15, -0.1) is 0 Å². The molecule has 0 aromatic heterocycles. The fraction of sp³-hybridized carbons (Fsp3) is 1.00. The van der Waals surface area contributed by atoms with Crippen molar-refractivity contribution in [3.63, 3.8) is 0 Å². The molecule has 0 aliphatic heterocycles. The second-order valence-corrected chi connectivity index (χ2v) is 5.23. The Morgan fingerprint density at radius 1 is 1.00 bits per heavy atom. The highest BCUT2D eigenvalue weighted by atomic mass is 19.1. The number of rotatable bonds is 1. The third kappa shape index (κ3) is 2.10. The van der Waals surface area contributed by atoms with Crippen molar-refractivity contribution in [2.45, 2.75) is 69.5 Å². The fourth-order valence-electron chi connectivity index (χ4n) is 3.23. The summed E-state index contributed by atoms with van der Waals surface area (Å²) in [6, 6.07) is 0.128. The van der Waals surface area contributed by atoms with E-state index < -0.39 is 5.67 Å². The Kier molecular flexibility index (Phi) is 3.10. The van der Waals surface area contributed by atoms with Crippen molar-refractivity contribution in [2.24, 2.45) is 11.7 Å². The zero-order valence-electron chi connectivity index (χ0n) is 8.97. The molecule has 2 fully saturated rings. The zero-order chi connectivity index (χ0) is 10.0. The van der Waals surface area contributed by atoms with Gasteiger partial charge in [0.25, 0.3) is 0 Å². The minimum absolute atomic E-state index is 0.128. The molecule has 2 heteroatoms. The summed E-state index contributed by atoms with van der Waals surface area (Å²) in [5, 5.41) is 0. The van der Waals surface area contributed by atoms with E-state index in [1.165, 1.54) is 25.7 Å². The van der Waals surface area contributed by atoms with Gasteiger partial charge >= 0.3 is 0 Å². The second kappa shape index (κ2) is 4.18. The predicted octanol–water partition coefficient (Wildman–Crippen LogP) is 3.18. The van der Waals surface area contributed by atoms with Crippen molar-refractivity contribution >= 4 is 0 Å². The molecule has 2 atom stereocenters. The quantitative estimate of drug-likeness (QED) is 0.645. The summed E-state index contributed by atoms with van der Waals surface area (Å²) >= 11 is 0. The van der Waals surface area contributed by atoms with Crippen molar-refractivity contribution in [3.8, 4) is 0 Å². The minimum atomic E-state index is -0.899. The van der Waals surface area contributed by atoms with Crippen LogP contribution in [0.3, 0.4) is 0 Å². The van der Waals surface area contributed by atoms with Gasteiger partial charge < -0.3 is 5.73 Å². The zero-order valence-corrected chi connectivity index (χ0v) is 8.97. The van der Waals surface area contributed by atoms with Crippen LogP contribution in [-0.4, -0.2) is 11.7 Å². The smallest absolute Gasteiger partial charge is 0.115 e. The summed E-state index contributed by atoms with van der Waals surface area (Å²) in [7, 11) is 0. The molecule has 2 rings (SSSR count). The van der Waals surface area contributed by atoms with Crippen LogP contribution in [0.15, 0.2) is 0 Å². The van der Waals surface area contributed by atoms with Gasteiger partial charge in [-0.3, -0.25) is 0 Å². The lowest BCUT2D eigenvalue weighted by Gasteiger charge is -2.29. The summed E-state index contributed by atoms with van der Waals surface area (Å²) in [4.78, 5) is 0. The highest BCUT2D eigenvalue weighted by Gasteiger charge is 2.44. The summed E-state index contributed by atoms with van der Waals surface area (Å²) in [6.45, 7) is 0. The monoisotopic (exact) mass is 199 g/mol. The summed E-state index contributed by atoms with van der Waals surface area (Å²) in [5.74, 6) is 0.318. The van der Waals surface area contributed by atoms with E-state index in [0.29, 0.717) is 12.3 Å². The molecule has 2 aliphatic carbocycles. The molecule has 2 unspecified atom stereocenters. The van der Waals surface area contributed by atoms with Crippen LogP contribution in [0.4, 0.5) is 4.39 Å². The second-order valence-electron chi connectivity index (χ2n) is 5.23. The third-order valence-electron chi connectivity index (χ3n) is 4.12. The van der Waals surface area contributed by atoms with Crippen LogP contribution >= 0.6 is 0 Å². The average Bonchev–Trinajstić information content (AvgIpc) is 2.45. The van der Waals surface area contributed by atoms with Crippen LogP contribution < -0.4 is 5.73 Å². The molecule has 2 N–H and O–H groups in total. The molecule has 2 saturated carbocycles. The van der Waals surface area contributed by atoms with Crippen LogP contribution in [-0.2, 0) is 0 Å². The average molecular weight is 199 g/mol. The van der Waals surface area contributed by atoms with Gasteiger partial charge in [0.2, 0.25) is 0 Å². The number of hydrogen-bond donors (Lipinski definition) is 1. The van der Waals surface area contributed by atoms with Crippen LogP contribution in [0, 0.1) is 5.92 Å². The maximum Gasteiger partial charge on any atom is 0.115 e. The van der Waals surface area contributed by atoms with E-state index in [1.807, 2.05) is 0 Å². The molecule has 0 saturated heterocycles. The number of halogens is 1. The van der Waals surface area contributed by atoms with Gasteiger partial charge in [0.05, 0.1) is 0 Å². The highest BCUT2D eigenvalue weighted by molar-refractivity contribution is 4.96. The Bertz CT molecular complexity index is 187. The van der Waals surface area contributed by atoms with Crippen molar-refractivity contribution in [3.05, 3.63) is 0 Å². The van der Waals surface area contributed by atoms with Gasteiger partial charge in [0.15, 0.2) is 0 Å². The molecule has 0 spiro atoms. The van der Waals surface area contributed by atoms with E-state index >= 15 is 0 Å². The SMILES string of the molecule is NC1CCC(F)(C2CCCCCC2)C1. The first-order valence-electron chi connectivity index (χ1n) is 6.15. The first-order chi connectivity index (χ1) is 6.71. The summed E-state index contributed by atoms with van der Waals surface area (Å²) in [5.41, 5.74) is 4.92. The molecule has 14 heavy (non-hydrogen) atoms. The molecular weight excluding hydrogens is 177 g/mol. The summed E-state index contributed by atoms with van der Waals surface area (Å²) < 4.78 is 14.5. The topological polar surface area (TPSA) is 26.0 Å². The Balaban J connectivity index is 1.97.